The fourth-order valence-electron chi connectivity index (χ4n) is 2.45. The number of rotatable bonds is 8. The number of carbonyl (C=O) groups excluding carboxylic acids is 1. The van der Waals surface area contributed by atoms with Crippen LogP contribution in [0.3, 0.4) is 0 Å². The second kappa shape index (κ2) is 9.24. The van der Waals surface area contributed by atoms with Crippen molar-refractivity contribution in [2.75, 3.05) is 33.1 Å². The molecule has 0 aliphatic rings. The Labute approximate surface area is 179 Å². The van der Waals surface area contributed by atoms with Gasteiger partial charge in [-0.05, 0) is 36.4 Å². The van der Waals surface area contributed by atoms with E-state index in [4.69, 9.17) is 9.47 Å². The highest BCUT2D eigenvalue weighted by Crippen LogP contribution is 2.26. The molecule has 8 nitrogen and oxygen atoms in total. The molecule has 0 atom stereocenters. The Morgan fingerprint density at radius 1 is 1.07 bits per heavy atom. The molecule has 1 amide bonds. The summed E-state index contributed by atoms with van der Waals surface area (Å²) in [5.41, 5.74) is 1.39. The number of methoxy groups -OCH3 is 1. The molecule has 3 aromatic rings. The number of ether oxygens (including phenoxy) is 2. The summed E-state index contributed by atoms with van der Waals surface area (Å²) >= 11 is 1.27. The highest BCUT2D eigenvalue weighted by atomic mass is 32.2. The van der Waals surface area contributed by atoms with Crippen LogP contribution in [-0.2, 0) is 14.8 Å². The predicted octanol–water partition coefficient (Wildman–Crippen LogP) is 3.09. The van der Waals surface area contributed by atoms with Crippen LogP contribution >= 0.6 is 11.3 Å². The summed E-state index contributed by atoms with van der Waals surface area (Å²) in [5, 5.41) is 4.91. The average Bonchev–Trinajstić information content (AvgIpc) is 3.21. The first kappa shape index (κ1) is 21.8. The summed E-state index contributed by atoms with van der Waals surface area (Å²) < 4.78 is 36.0. The highest BCUT2D eigenvalue weighted by molar-refractivity contribution is 7.89. The lowest BCUT2D eigenvalue weighted by molar-refractivity contribution is -0.118. The summed E-state index contributed by atoms with van der Waals surface area (Å²) in [6.07, 6.45) is 0. The quantitative estimate of drug-likeness (QED) is 0.570. The lowest BCUT2D eigenvalue weighted by Gasteiger charge is -2.11. The molecule has 1 aromatic heterocycles. The molecule has 0 unspecified atom stereocenters. The molecule has 1 heterocycles. The van der Waals surface area contributed by atoms with Gasteiger partial charge in [0.15, 0.2) is 11.7 Å². The zero-order valence-electron chi connectivity index (χ0n) is 16.7. The number of aromatic nitrogens is 1. The SMILES string of the molecule is COc1ccc(OCC(=O)Nc2nc(-c3ccc(S(=O)(=O)N(C)C)cc3)cs2)cc1. The Balaban J connectivity index is 1.59. The minimum Gasteiger partial charge on any atom is -0.497 e. The van der Waals surface area contributed by atoms with E-state index in [1.165, 1.54) is 37.6 Å². The lowest BCUT2D eigenvalue weighted by Crippen LogP contribution is -2.22. The molecule has 10 heteroatoms. The topological polar surface area (TPSA) is 97.8 Å². The molecule has 0 fully saturated rings. The van der Waals surface area contributed by atoms with Crippen LogP contribution < -0.4 is 14.8 Å². The molecular formula is C20H21N3O5S2. The van der Waals surface area contributed by atoms with Gasteiger partial charge in [-0.1, -0.05) is 12.1 Å². The van der Waals surface area contributed by atoms with Crippen LogP contribution in [0.4, 0.5) is 5.13 Å². The first-order valence-electron chi connectivity index (χ1n) is 8.85. The average molecular weight is 448 g/mol. The molecule has 0 aliphatic carbocycles. The summed E-state index contributed by atoms with van der Waals surface area (Å²) in [5.74, 6) is 0.923. The number of hydrogen-bond donors (Lipinski definition) is 1. The highest BCUT2D eigenvalue weighted by Gasteiger charge is 2.17. The molecular weight excluding hydrogens is 426 g/mol. The standard InChI is InChI=1S/C20H21N3O5S2/c1-23(2)30(25,26)17-10-4-14(5-11-17)18-13-29-20(21-18)22-19(24)12-28-16-8-6-15(27-3)7-9-16/h4-11,13H,12H2,1-3H3,(H,21,22,24). The summed E-state index contributed by atoms with van der Waals surface area (Å²) in [6, 6.07) is 13.4. The van der Waals surface area contributed by atoms with E-state index in [9.17, 15) is 13.2 Å². The second-order valence-electron chi connectivity index (χ2n) is 6.36. The van der Waals surface area contributed by atoms with E-state index in [-0.39, 0.29) is 17.4 Å². The summed E-state index contributed by atoms with van der Waals surface area (Å²) in [7, 11) is 1.06. The summed E-state index contributed by atoms with van der Waals surface area (Å²) in [6.45, 7) is -0.154. The van der Waals surface area contributed by atoms with Crippen molar-refractivity contribution in [1.29, 1.82) is 0 Å². The Hall–Kier alpha value is -2.95. The maximum Gasteiger partial charge on any atom is 0.264 e. The van der Waals surface area contributed by atoms with Crippen LogP contribution in [0.25, 0.3) is 11.3 Å². The van der Waals surface area contributed by atoms with Crippen LogP contribution in [0.15, 0.2) is 58.8 Å². The first-order chi connectivity index (χ1) is 14.3. The third-order valence-corrected chi connectivity index (χ3v) is 6.70. The Kier molecular flexibility index (Phi) is 6.70. The van der Waals surface area contributed by atoms with Crippen molar-refractivity contribution in [3.63, 3.8) is 0 Å². The van der Waals surface area contributed by atoms with Crippen molar-refractivity contribution in [2.45, 2.75) is 4.90 Å². The Morgan fingerprint density at radius 2 is 1.70 bits per heavy atom. The number of carbonyl (C=O) groups is 1. The molecule has 158 valence electrons. The van der Waals surface area contributed by atoms with Crippen molar-refractivity contribution < 1.29 is 22.7 Å². The molecule has 0 aliphatic heterocycles. The van der Waals surface area contributed by atoms with Gasteiger partial charge in [-0.3, -0.25) is 10.1 Å². The number of hydrogen-bond acceptors (Lipinski definition) is 7. The number of thiazole rings is 1. The fraction of sp³-hybridized carbons (Fsp3) is 0.200. The van der Waals surface area contributed by atoms with Crippen molar-refractivity contribution in [2.24, 2.45) is 0 Å². The van der Waals surface area contributed by atoms with Crippen molar-refractivity contribution in [3.8, 4) is 22.8 Å². The van der Waals surface area contributed by atoms with Gasteiger partial charge in [0.25, 0.3) is 5.91 Å². The van der Waals surface area contributed by atoms with Gasteiger partial charge in [0.2, 0.25) is 10.0 Å². The van der Waals surface area contributed by atoms with Crippen LogP contribution in [0.1, 0.15) is 0 Å². The zero-order chi connectivity index (χ0) is 21.7. The molecule has 30 heavy (non-hydrogen) atoms. The largest absolute Gasteiger partial charge is 0.497 e. The number of amides is 1. The fourth-order valence-corrected chi connectivity index (χ4v) is 4.09. The molecule has 2 aromatic carbocycles. The van der Waals surface area contributed by atoms with Gasteiger partial charge >= 0.3 is 0 Å². The number of nitrogens with one attached hydrogen (secondary N) is 1. The zero-order valence-corrected chi connectivity index (χ0v) is 18.3. The van der Waals surface area contributed by atoms with E-state index in [2.05, 4.69) is 10.3 Å². The van der Waals surface area contributed by atoms with Crippen LogP contribution in [0.2, 0.25) is 0 Å². The van der Waals surface area contributed by atoms with Crippen molar-refractivity contribution in [3.05, 3.63) is 53.9 Å². The monoisotopic (exact) mass is 447 g/mol. The molecule has 3 rings (SSSR count). The van der Waals surface area contributed by atoms with Gasteiger partial charge in [0.05, 0.1) is 17.7 Å². The molecule has 0 saturated heterocycles. The van der Waals surface area contributed by atoms with E-state index in [1.54, 1.807) is 48.9 Å². The van der Waals surface area contributed by atoms with Crippen LogP contribution in [-0.4, -0.2) is 51.4 Å². The van der Waals surface area contributed by atoms with E-state index in [0.717, 1.165) is 9.87 Å². The van der Waals surface area contributed by atoms with Gasteiger partial charge in [-0.25, -0.2) is 17.7 Å². The maximum absolute atomic E-state index is 12.1. The van der Waals surface area contributed by atoms with Gasteiger partial charge in [0, 0.05) is 25.0 Å². The normalized spacial score (nSPS) is 11.3. The molecule has 0 saturated carbocycles. The third-order valence-electron chi connectivity index (χ3n) is 4.11. The molecule has 1 N–H and O–H groups in total. The summed E-state index contributed by atoms with van der Waals surface area (Å²) in [4.78, 5) is 16.7. The van der Waals surface area contributed by atoms with Crippen molar-refractivity contribution in [1.82, 2.24) is 9.29 Å². The van der Waals surface area contributed by atoms with E-state index >= 15 is 0 Å². The maximum atomic E-state index is 12.1. The first-order valence-corrected chi connectivity index (χ1v) is 11.2. The minimum absolute atomic E-state index is 0.154. The molecule has 0 spiro atoms. The number of nitrogens with zero attached hydrogens (tertiary/aromatic N) is 2. The Bertz CT molecular complexity index is 1110. The van der Waals surface area contributed by atoms with E-state index in [1.807, 2.05) is 0 Å². The van der Waals surface area contributed by atoms with Gasteiger partial charge < -0.3 is 9.47 Å². The number of sulfonamides is 1. The Morgan fingerprint density at radius 3 is 2.30 bits per heavy atom. The van der Waals surface area contributed by atoms with Gasteiger partial charge in [0.1, 0.15) is 11.5 Å². The van der Waals surface area contributed by atoms with Gasteiger partial charge in [-0.2, -0.15) is 0 Å². The van der Waals surface area contributed by atoms with Crippen LogP contribution in [0, 0.1) is 0 Å². The number of anilines is 1. The minimum atomic E-state index is -3.48. The van der Waals surface area contributed by atoms with E-state index in [0.29, 0.717) is 22.3 Å². The van der Waals surface area contributed by atoms with Gasteiger partial charge in [-0.15, -0.1) is 11.3 Å². The molecule has 0 bridgehead atoms. The van der Waals surface area contributed by atoms with E-state index < -0.39 is 10.0 Å². The van der Waals surface area contributed by atoms with Crippen molar-refractivity contribution >= 4 is 32.4 Å². The lowest BCUT2D eigenvalue weighted by atomic mass is 10.2. The molecule has 0 radical (unpaired) electrons. The predicted molar refractivity (Wildman–Crippen MR) is 116 cm³/mol. The smallest absolute Gasteiger partial charge is 0.264 e. The number of benzene rings is 2. The third kappa shape index (κ3) is 5.15. The second-order valence-corrected chi connectivity index (χ2v) is 9.37. The van der Waals surface area contributed by atoms with Crippen LogP contribution in [0.5, 0.6) is 11.5 Å².